The van der Waals surface area contributed by atoms with E-state index < -0.39 is 37.3 Å². The summed E-state index contributed by atoms with van der Waals surface area (Å²) in [6, 6.07) is 0. The van der Waals surface area contributed by atoms with Crippen molar-refractivity contribution in [1.82, 2.24) is 0 Å². The Balaban J connectivity index is 1.26. The number of ketones is 2. The predicted octanol–water partition coefficient (Wildman–Crippen LogP) is 1.52. The lowest BCUT2D eigenvalue weighted by Gasteiger charge is -2.58. The summed E-state index contributed by atoms with van der Waals surface area (Å²) in [5.74, 6) is 1.72. The fourth-order valence-corrected chi connectivity index (χ4v) is 8.56. The van der Waals surface area contributed by atoms with E-state index in [1.807, 2.05) is 6.08 Å². The van der Waals surface area contributed by atoms with Crippen LogP contribution in [0.25, 0.3) is 0 Å². The topological polar surface area (TPSA) is 134 Å². The van der Waals surface area contributed by atoms with E-state index in [9.17, 15) is 30.0 Å². The van der Waals surface area contributed by atoms with Crippen molar-refractivity contribution in [2.75, 3.05) is 13.2 Å². The zero-order valence-electron chi connectivity index (χ0n) is 20.8. The van der Waals surface area contributed by atoms with Gasteiger partial charge in [-0.2, -0.15) is 0 Å². The molecule has 1 saturated heterocycles. The molecule has 4 fully saturated rings. The van der Waals surface area contributed by atoms with Crippen molar-refractivity contribution in [3.8, 4) is 0 Å². The van der Waals surface area contributed by atoms with E-state index in [-0.39, 0.29) is 34.9 Å². The van der Waals surface area contributed by atoms with Crippen molar-refractivity contribution < 1.29 is 39.5 Å². The summed E-state index contributed by atoms with van der Waals surface area (Å²) in [7, 11) is 0. The van der Waals surface area contributed by atoms with Gasteiger partial charge in [-0.15, -0.1) is 0 Å². The number of rotatable bonds is 5. The van der Waals surface area contributed by atoms with Crippen LogP contribution in [0.1, 0.15) is 65.2 Å². The molecule has 0 spiro atoms. The van der Waals surface area contributed by atoms with Crippen LogP contribution in [-0.2, 0) is 19.1 Å². The third-order valence-corrected chi connectivity index (χ3v) is 10.6. The van der Waals surface area contributed by atoms with Crippen molar-refractivity contribution in [1.29, 1.82) is 0 Å². The summed E-state index contributed by atoms with van der Waals surface area (Å²) in [6.45, 7) is 3.84. The maximum absolute atomic E-state index is 13.4. The molecular weight excluding hydrogens is 452 g/mol. The van der Waals surface area contributed by atoms with E-state index in [0.717, 1.165) is 44.9 Å². The Bertz CT molecular complexity index is 884. The minimum atomic E-state index is -1.52. The van der Waals surface area contributed by atoms with Gasteiger partial charge in [-0.3, -0.25) is 9.59 Å². The molecule has 11 unspecified atom stereocenters. The van der Waals surface area contributed by atoms with Crippen molar-refractivity contribution in [2.24, 2.45) is 34.5 Å². The Hall–Kier alpha value is -1.16. The Morgan fingerprint density at radius 2 is 1.80 bits per heavy atom. The van der Waals surface area contributed by atoms with Gasteiger partial charge in [0.2, 0.25) is 0 Å². The Labute approximate surface area is 206 Å². The Morgan fingerprint density at radius 3 is 2.54 bits per heavy atom. The van der Waals surface area contributed by atoms with Crippen molar-refractivity contribution >= 4 is 11.6 Å². The zero-order valence-corrected chi connectivity index (χ0v) is 20.8. The van der Waals surface area contributed by atoms with Crippen LogP contribution in [0.15, 0.2) is 11.6 Å². The number of carbonyl (C=O) groups excluding carboxylic acids is 2. The van der Waals surface area contributed by atoms with Crippen molar-refractivity contribution in [3.05, 3.63) is 11.6 Å². The van der Waals surface area contributed by atoms with Gasteiger partial charge in [-0.25, -0.2) is 0 Å². The minimum absolute atomic E-state index is 0.0173. The lowest BCUT2D eigenvalue weighted by Crippen LogP contribution is -2.59. The van der Waals surface area contributed by atoms with Crippen LogP contribution in [-0.4, -0.2) is 75.9 Å². The van der Waals surface area contributed by atoms with Gasteiger partial charge in [0.1, 0.15) is 31.0 Å². The van der Waals surface area contributed by atoms with Crippen LogP contribution >= 0.6 is 0 Å². The van der Waals surface area contributed by atoms with Gasteiger partial charge < -0.3 is 29.9 Å². The highest BCUT2D eigenvalue weighted by Gasteiger charge is 2.60. The first kappa shape index (κ1) is 25.5. The molecule has 0 amide bonds. The maximum Gasteiger partial charge on any atom is 0.187 e. The number of fused-ring (bicyclic) bond motifs is 5. The first-order valence-corrected chi connectivity index (χ1v) is 13.3. The van der Waals surface area contributed by atoms with Crippen LogP contribution in [0.3, 0.4) is 0 Å². The molecule has 0 aromatic rings. The summed E-state index contributed by atoms with van der Waals surface area (Å²) in [5.41, 5.74) is 1.35. The number of ether oxygens (including phenoxy) is 2. The van der Waals surface area contributed by atoms with E-state index in [2.05, 4.69) is 13.8 Å². The van der Waals surface area contributed by atoms with Gasteiger partial charge in [-0.1, -0.05) is 19.4 Å². The summed E-state index contributed by atoms with van der Waals surface area (Å²) in [4.78, 5) is 25.4. The highest BCUT2D eigenvalue weighted by molar-refractivity contribution is 5.91. The molecule has 8 nitrogen and oxygen atoms in total. The van der Waals surface area contributed by atoms with Crippen LogP contribution in [0.2, 0.25) is 0 Å². The van der Waals surface area contributed by atoms with Crippen LogP contribution < -0.4 is 0 Å². The smallest absolute Gasteiger partial charge is 0.187 e. The molecule has 3 saturated carbocycles. The van der Waals surface area contributed by atoms with Gasteiger partial charge in [0.15, 0.2) is 17.9 Å². The second-order valence-corrected chi connectivity index (χ2v) is 12.1. The highest BCUT2D eigenvalue weighted by Crippen LogP contribution is 2.66. The van der Waals surface area contributed by atoms with E-state index in [4.69, 9.17) is 9.47 Å². The molecule has 5 aliphatic rings. The Morgan fingerprint density at radius 1 is 1.03 bits per heavy atom. The first-order valence-electron chi connectivity index (χ1n) is 13.3. The largest absolute Gasteiger partial charge is 0.394 e. The molecule has 11 atom stereocenters. The van der Waals surface area contributed by atoms with Gasteiger partial charge in [-0.05, 0) is 79.6 Å². The normalized spacial score (nSPS) is 49.6. The third-order valence-electron chi connectivity index (χ3n) is 10.6. The number of Topliss-reactive ketones (excluding diaryl/α,β-unsaturated/α-hetero) is 1. The molecule has 196 valence electrons. The number of aliphatic hydroxyl groups is 4. The lowest BCUT2D eigenvalue weighted by atomic mass is 9.46. The van der Waals surface area contributed by atoms with Gasteiger partial charge in [0.05, 0.1) is 6.61 Å². The average Bonchev–Trinajstić information content (AvgIpc) is 3.20. The third kappa shape index (κ3) is 4.05. The number of hydrogen-bond acceptors (Lipinski definition) is 8. The fraction of sp³-hybridized carbons (Fsp3) is 0.852. The Kier molecular flexibility index (Phi) is 6.77. The molecule has 0 radical (unpaired) electrons. The molecule has 0 aromatic heterocycles. The van der Waals surface area contributed by atoms with Crippen LogP contribution in [0.5, 0.6) is 0 Å². The highest BCUT2D eigenvalue weighted by atomic mass is 16.7. The number of allylic oxidation sites excluding steroid dienone is 1. The molecule has 35 heavy (non-hydrogen) atoms. The van der Waals surface area contributed by atoms with E-state index in [1.165, 1.54) is 5.57 Å². The molecule has 1 heterocycles. The molecule has 5 rings (SSSR count). The molecule has 0 bridgehead atoms. The van der Waals surface area contributed by atoms with E-state index >= 15 is 0 Å². The van der Waals surface area contributed by atoms with Gasteiger partial charge >= 0.3 is 0 Å². The number of hydrogen-bond donors (Lipinski definition) is 4. The van der Waals surface area contributed by atoms with Crippen LogP contribution in [0, 0.1) is 34.5 Å². The number of carbonyl (C=O) groups is 2. The molecular formula is C27H40O8. The molecule has 1 aliphatic heterocycles. The summed E-state index contributed by atoms with van der Waals surface area (Å²) < 4.78 is 11.0. The number of aliphatic hydroxyl groups excluding tert-OH is 4. The molecule has 4 aliphatic carbocycles. The zero-order chi connectivity index (χ0) is 25.1. The van der Waals surface area contributed by atoms with Crippen molar-refractivity contribution in [3.63, 3.8) is 0 Å². The SMILES string of the molecule is CC12CCC(=O)C=C1CCC1C2CCC2(C)C(C(=O)COC3OC(CO)C(O)C(O)C3O)CCC12. The van der Waals surface area contributed by atoms with Gasteiger partial charge in [0, 0.05) is 12.3 Å². The van der Waals surface area contributed by atoms with Crippen LogP contribution in [0.4, 0.5) is 0 Å². The predicted molar refractivity (Wildman–Crippen MR) is 125 cm³/mol. The summed E-state index contributed by atoms with van der Waals surface area (Å²) >= 11 is 0. The van der Waals surface area contributed by atoms with E-state index in [1.54, 1.807) is 0 Å². The second kappa shape index (κ2) is 9.30. The minimum Gasteiger partial charge on any atom is -0.394 e. The molecule has 4 N–H and O–H groups in total. The quantitative estimate of drug-likeness (QED) is 0.454. The monoisotopic (exact) mass is 492 g/mol. The molecule has 8 heteroatoms. The fourth-order valence-electron chi connectivity index (χ4n) is 8.56. The summed E-state index contributed by atoms with van der Waals surface area (Å²) in [6.07, 6.45) is 2.63. The maximum atomic E-state index is 13.4. The van der Waals surface area contributed by atoms with Crippen molar-refractivity contribution in [2.45, 2.75) is 95.9 Å². The molecule has 0 aromatic carbocycles. The lowest BCUT2D eigenvalue weighted by molar-refractivity contribution is -0.299. The van der Waals surface area contributed by atoms with Gasteiger partial charge in [0.25, 0.3) is 0 Å². The second-order valence-electron chi connectivity index (χ2n) is 12.1. The first-order chi connectivity index (χ1) is 16.6. The summed E-state index contributed by atoms with van der Waals surface area (Å²) in [5, 5.41) is 39.5. The standard InChI is InChI=1S/C27H40O8/c1-26-9-7-15(29)11-14(26)3-4-16-17-5-6-19(27(17,2)10-8-18(16)26)20(30)13-34-25-24(33)23(32)22(31)21(12-28)35-25/h11,16-19,21-25,28,31-33H,3-10,12-13H2,1-2H3. The average molecular weight is 493 g/mol. The van der Waals surface area contributed by atoms with E-state index in [0.29, 0.717) is 24.2 Å².